The van der Waals surface area contributed by atoms with Crippen LogP contribution in [0.2, 0.25) is 0 Å². The number of aryl methyl sites for hydroxylation is 1. The molecular weight excluding hydrogens is 493 g/mol. The molecule has 5 nitrogen and oxygen atoms in total. The lowest BCUT2D eigenvalue weighted by Gasteiger charge is -2.05. The Bertz CT molecular complexity index is 1150. The smallest absolute Gasteiger partial charge is 0.488 e. The molecule has 0 aliphatic rings. The van der Waals surface area contributed by atoms with Gasteiger partial charge >= 0.3 is 7.12 Å². The van der Waals surface area contributed by atoms with E-state index in [1.54, 1.807) is 31.4 Å². The molecule has 4 aromatic carbocycles. The van der Waals surface area contributed by atoms with Crippen LogP contribution in [0.4, 0.5) is 5.69 Å². The highest BCUT2D eigenvalue weighted by Gasteiger charge is 2.10. The summed E-state index contributed by atoms with van der Waals surface area (Å²) in [4.78, 5) is 0. The van der Waals surface area contributed by atoms with Crippen LogP contribution >= 0.6 is 15.9 Å². The Balaban J connectivity index is 0.000000190. The summed E-state index contributed by atoms with van der Waals surface area (Å²) < 4.78 is 11.1. The number of rotatable bonds is 4. The highest BCUT2D eigenvalue weighted by molar-refractivity contribution is 9.10. The number of hydrogen-bond donors (Lipinski definition) is 3. The molecule has 4 rings (SSSR count). The molecule has 0 spiro atoms. The molecule has 0 heterocycles. The number of nitrogens with two attached hydrogens (primary N) is 1. The molecule has 0 amide bonds. The third-order valence-electron chi connectivity index (χ3n) is 4.66. The monoisotopic (exact) mass is 521 g/mol. The molecule has 0 fully saturated rings. The Kier molecular flexibility index (Phi) is 11.2. The van der Waals surface area contributed by atoms with Crippen LogP contribution in [0.1, 0.15) is 5.56 Å². The minimum absolute atomic E-state index is 0.435. The van der Waals surface area contributed by atoms with Crippen molar-refractivity contribution in [3.63, 3.8) is 0 Å². The summed E-state index contributed by atoms with van der Waals surface area (Å²) >= 11 is 3.28. The van der Waals surface area contributed by atoms with Gasteiger partial charge in [0.15, 0.2) is 0 Å². The van der Waals surface area contributed by atoms with E-state index in [0.29, 0.717) is 11.2 Å². The van der Waals surface area contributed by atoms with Gasteiger partial charge in [-0.25, -0.2) is 0 Å². The maximum Gasteiger partial charge on any atom is 0.488 e. The summed E-state index contributed by atoms with van der Waals surface area (Å²) in [7, 11) is 1.79. The van der Waals surface area contributed by atoms with E-state index in [1.807, 2.05) is 36.4 Å². The Morgan fingerprint density at radius 1 is 0.706 bits per heavy atom. The summed E-state index contributed by atoms with van der Waals surface area (Å²) in [5.41, 5.74) is 10.4. The van der Waals surface area contributed by atoms with E-state index in [1.165, 1.54) is 23.8 Å². The molecule has 0 bridgehead atoms. The molecule has 0 aliphatic carbocycles. The Morgan fingerprint density at radius 3 is 1.79 bits per heavy atom. The molecule has 4 aromatic rings. The first-order chi connectivity index (χ1) is 16.3. The van der Waals surface area contributed by atoms with Crippen molar-refractivity contribution in [2.24, 2.45) is 0 Å². The van der Waals surface area contributed by atoms with Gasteiger partial charge in [-0.3, -0.25) is 0 Å². The summed E-state index contributed by atoms with van der Waals surface area (Å²) in [5.74, 6) is 1.52. The predicted molar refractivity (Wildman–Crippen MR) is 145 cm³/mol. The van der Waals surface area contributed by atoms with Gasteiger partial charge in [0.2, 0.25) is 0 Å². The number of hydrogen-bond acceptors (Lipinski definition) is 5. The highest BCUT2D eigenvalue weighted by atomic mass is 79.9. The average molecular weight is 522 g/mol. The van der Waals surface area contributed by atoms with Crippen molar-refractivity contribution >= 4 is 34.2 Å². The van der Waals surface area contributed by atoms with Crippen molar-refractivity contribution in [1.82, 2.24) is 0 Å². The quantitative estimate of drug-likeness (QED) is 0.257. The van der Waals surface area contributed by atoms with Gasteiger partial charge < -0.3 is 25.3 Å². The van der Waals surface area contributed by atoms with Crippen molar-refractivity contribution in [1.29, 1.82) is 0 Å². The lowest BCUT2D eigenvalue weighted by molar-refractivity contribution is 0.412. The molecule has 4 N–H and O–H groups in total. The van der Waals surface area contributed by atoms with Crippen LogP contribution in [0.25, 0.3) is 11.1 Å². The fourth-order valence-electron chi connectivity index (χ4n) is 2.94. The van der Waals surface area contributed by atoms with Crippen LogP contribution in [0.15, 0.2) is 102 Å². The molecule has 7 heteroatoms. The second kappa shape index (κ2) is 14.1. The van der Waals surface area contributed by atoms with E-state index in [9.17, 15) is 0 Å². The molecule has 0 atom stereocenters. The Morgan fingerprint density at radius 2 is 1.26 bits per heavy atom. The van der Waals surface area contributed by atoms with Crippen molar-refractivity contribution in [2.75, 3.05) is 20.0 Å². The van der Waals surface area contributed by atoms with Gasteiger partial charge in [-0.15, -0.1) is 0 Å². The van der Waals surface area contributed by atoms with E-state index in [4.69, 9.17) is 25.3 Å². The van der Waals surface area contributed by atoms with E-state index in [2.05, 4.69) is 59.3 Å². The van der Waals surface area contributed by atoms with Crippen LogP contribution < -0.4 is 20.7 Å². The molecule has 0 aliphatic heterocycles. The zero-order valence-corrected chi connectivity index (χ0v) is 21.1. The number of benzene rings is 4. The summed E-state index contributed by atoms with van der Waals surface area (Å²) in [6.45, 7) is 2.10. The lowest BCUT2D eigenvalue weighted by Crippen LogP contribution is -2.29. The normalized spacial score (nSPS) is 9.59. The molecule has 0 saturated heterocycles. The van der Waals surface area contributed by atoms with Gasteiger partial charge in [-0.1, -0.05) is 76.1 Å². The predicted octanol–water partition coefficient (Wildman–Crippen LogP) is 5.08. The van der Waals surface area contributed by atoms with Crippen LogP contribution in [0.5, 0.6) is 11.5 Å². The van der Waals surface area contributed by atoms with Gasteiger partial charge in [-0.2, -0.15) is 0 Å². The van der Waals surface area contributed by atoms with E-state index < -0.39 is 7.12 Å². The fourth-order valence-corrected chi connectivity index (χ4v) is 3.35. The molecule has 34 heavy (non-hydrogen) atoms. The third kappa shape index (κ3) is 9.31. The van der Waals surface area contributed by atoms with Gasteiger partial charge in [0.25, 0.3) is 0 Å². The molecule has 0 aromatic heterocycles. The number of methoxy groups -OCH3 is 2. The first-order valence-corrected chi connectivity index (χ1v) is 11.3. The maximum absolute atomic E-state index is 8.74. The van der Waals surface area contributed by atoms with Gasteiger partial charge in [0, 0.05) is 10.2 Å². The van der Waals surface area contributed by atoms with Crippen molar-refractivity contribution < 1.29 is 19.5 Å². The first-order valence-electron chi connectivity index (χ1n) is 10.5. The minimum Gasteiger partial charge on any atom is -0.497 e. The minimum atomic E-state index is -1.43. The highest BCUT2D eigenvalue weighted by Crippen LogP contribution is 2.24. The van der Waals surface area contributed by atoms with Gasteiger partial charge in [0.05, 0.1) is 14.2 Å². The van der Waals surface area contributed by atoms with Crippen LogP contribution in [0.3, 0.4) is 0 Å². The molecule has 0 saturated carbocycles. The van der Waals surface area contributed by atoms with Crippen molar-refractivity contribution in [3.05, 3.63) is 107 Å². The van der Waals surface area contributed by atoms with Crippen molar-refractivity contribution in [3.8, 4) is 22.6 Å². The van der Waals surface area contributed by atoms with Crippen LogP contribution in [-0.4, -0.2) is 31.4 Å². The fraction of sp³-hybridized carbons (Fsp3) is 0.111. The van der Waals surface area contributed by atoms with Crippen molar-refractivity contribution in [2.45, 2.75) is 6.92 Å². The average Bonchev–Trinajstić information content (AvgIpc) is 2.85. The molecule has 0 radical (unpaired) electrons. The van der Waals surface area contributed by atoms with Gasteiger partial charge in [-0.05, 0) is 66.0 Å². The second-order valence-electron chi connectivity index (χ2n) is 7.31. The lowest BCUT2D eigenvalue weighted by atomic mass is 9.80. The van der Waals surface area contributed by atoms with E-state index in [-0.39, 0.29) is 0 Å². The number of nitrogen functional groups attached to an aromatic ring is 1. The number of halogens is 1. The second-order valence-corrected chi connectivity index (χ2v) is 8.22. The first kappa shape index (κ1) is 27.0. The number of ether oxygens (including phenoxy) is 2. The topological polar surface area (TPSA) is 84.9 Å². The standard InChI is InChI=1S/C14H14O.C7H9BO3.C6H6BrN/c1-11-5-3-6-12(9-11)13-7-4-8-14(10-13)15-2;1-11-7-4-2-3-6(5-7)8(9)10;7-5-2-1-3-6(8)4-5/h3-10H,1-2H3;2-5,9-10H,1H3;1-4H,8H2. The summed E-state index contributed by atoms with van der Waals surface area (Å²) in [5, 5.41) is 17.5. The maximum atomic E-state index is 8.74. The van der Waals surface area contributed by atoms with Crippen LogP contribution in [0, 0.1) is 6.92 Å². The third-order valence-corrected chi connectivity index (χ3v) is 5.16. The largest absolute Gasteiger partial charge is 0.497 e. The molecular formula is C27H29BBrNO4. The van der Waals surface area contributed by atoms with E-state index >= 15 is 0 Å². The summed E-state index contributed by atoms with van der Waals surface area (Å²) in [6.07, 6.45) is 0. The zero-order chi connectivity index (χ0) is 24.9. The van der Waals surface area contributed by atoms with Gasteiger partial charge in [0.1, 0.15) is 11.5 Å². The van der Waals surface area contributed by atoms with E-state index in [0.717, 1.165) is 15.9 Å². The SMILES string of the molecule is COc1cccc(-c2cccc(C)c2)c1.COc1cccc(B(O)O)c1.Nc1cccc(Br)c1. The molecule has 176 valence electrons. The number of anilines is 1. The van der Waals surface area contributed by atoms with Crippen LogP contribution in [-0.2, 0) is 0 Å². The molecule has 0 unspecified atom stereocenters. The summed E-state index contributed by atoms with van der Waals surface area (Å²) in [6, 6.07) is 30.8. The zero-order valence-electron chi connectivity index (χ0n) is 19.5. The Labute approximate surface area is 210 Å². The Hall–Kier alpha value is -3.26.